The first kappa shape index (κ1) is 10.5. The topological polar surface area (TPSA) is 74.5 Å². The molecule has 0 saturated carbocycles. The van der Waals surface area contributed by atoms with Crippen LogP contribution in [0.5, 0.6) is 0 Å². The van der Waals surface area contributed by atoms with Crippen LogP contribution in [0.1, 0.15) is 12.2 Å². The normalized spacial score (nSPS) is 19.3. The number of nitrogens with two attached hydrogens (primary N) is 1. The van der Waals surface area contributed by atoms with Crippen molar-refractivity contribution in [2.24, 2.45) is 18.7 Å². The molecule has 6 nitrogen and oxygen atoms in total. The third kappa shape index (κ3) is 1.74. The van der Waals surface area contributed by atoms with Gasteiger partial charge in [0.2, 0.25) is 0 Å². The van der Waals surface area contributed by atoms with Gasteiger partial charge in [-0.2, -0.15) is 5.10 Å². The smallest absolute Gasteiger partial charge is 0.167 e. The highest BCUT2D eigenvalue weighted by Gasteiger charge is 2.22. The average molecular weight is 232 g/mol. The Hall–Kier alpha value is -1.69. The molecule has 0 aliphatic carbocycles. The number of aryl methyl sites for hydroxylation is 2. The third-order valence-corrected chi connectivity index (χ3v) is 3.34. The first-order valence-corrected chi connectivity index (χ1v) is 5.89. The van der Waals surface area contributed by atoms with E-state index in [4.69, 9.17) is 5.73 Å². The van der Waals surface area contributed by atoms with E-state index in [0.717, 1.165) is 43.1 Å². The fraction of sp³-hybridized carbons (Fsp3) is 0.545. The number of rotatable bonds is 2. The molecule has 0 fully saturated rings. The summed E-state index contributed by atoms with van der Waals surface area (Å²) in [5.41, 5.74) is 6.77. The second kappa shape index (κ2) is 3.96. The lowest BCUT2D eigenvalue weighted by Crippen LogP contribution is -2.26. The molecule has 1 unspecified atom stereocenters. The molecule has 2 N–H and O–H groups in total. The van der Waals surface area contributed by atoms with Crippen LogP contribution in [-0.4, -0.2) is 31.1 Å². The molecule has 6 heteroatoms. The Morgan fingerprint density at radius 1 is 1.47 bits per heavy atom. The number of nitrogens with zero attached hydrogens (tertiary/aromatic N) is 5. The van der Waals surface area contributed by atoms with Crippen molar-refractivity contribution in [3.63, 3.8) is 0 Å². The fourth-order valence-electron chi connectivity index (χ4n) is 2.34. The van der Waals surface area contributed by atoms with E-state index < -0.39 is 0 Å². The van der Waals surface area contributed by atoms with E-state index in [-0.39, 0.29) is 0 Å². The monoisotopic (exact) mass is 232 g/mol. The van der Waals surface area contributed by atoms with E-state index in [9.17, 15) is 0 Å². The lowest BCUT2D eigenvalue weighted by Gasteiger charge is -2.22. The molecular weight excluding hydrogens is 216 g/mol. The summed E-state index contributed by atoms with van der Waals surface area (Å²) in [6.07, 6.45) is 5.86. The van der Waals surface area contributed by atoms with Gasteiger partial charge in [-0.05, 0) is 18.9 Å². The predicted octanol–water partition coefficient (Wildman–Crippen LogP) is 0.200. The molecule has 0 amide bonds. The van der Waals surface area contributed by atoms with Gasteiger partial charge in [-0.1, -0.05) is 0 Å². The SMILES string of the molecule is Cn1cc(-c2nnc3n2CC(CN)CC3)cn1. The van der Waals surface area contributed by atoms with Crippen LogP contribution in [0.3, 0.4) is 0 Å². The highest BCUT2D eigenvalue weighted by molar-refractivity contribution is 5.52. The minimum absolute atomic E-state index is 0.536. The highest BCUT2D eigenvalue weighted by Crippen LogP contribution is 2.24. The predicted molar refractivity (Wildman–Crippen MR) is 63.1 cm³/mol. The minimum atomic E-state index is 0.536. The van der Waals surface area contributed by atoms with Gasteiger partial charge in [0.15, 0.2) is 5.82 Å². The number of aromatic nitrogens is 5. The van der Waals surface area contributed by atoms with Crippen LogP contribution < -0.4 is 5.73 Å². The zero-order chi connectivity index (χ0) is 11.8. The van der Waals surface area contributed by atoms with Crippen molar-refractivity contribution >= 4 is 0 Å². The average Bonchev–Trinajstić information content (AvgIpc) is 2.93. The van der Waals surface area contributed by atoms with Gasteiger partial charge in [-0.25, -0.2) is 0 Å². The summed E-state index contributed by atoms with van der Waals surface area (Å²) in [6.45, 7) is 1.65. The van der Waals surface area contributed by atoms with Crippen LogP contribution in [0.2, 0.25) is 0 Å². The molecule has 17 heavy (non-hydrogen) atoms. The maximum Gasteiger partial charge on any atom is 0.167 e. The van der Waals surface area contributed by atoms with Gasteiger partial charge in [-0.3, -0.25) is 4.68 Å². The summed E-state index contributed by atoms with van der Waals surface area (Å²) < 4.78 is 3.96. The number of hydrogen-bond donors (Lipinski definition) is 1. The molecule has 1 atom stereocenters. The Kier molecular flexibility index (Phi) is 2.44. The van der Waals surface area contributed by atoms with Gasteiger partial charge in [0.25, 0.3) is 0 Å². The standard InChI is InChI=1S/C11H16N6/c1-16-7-9(5-13-16)11-15-14-10-3-2-8(4-12)6-17(10)11/h5,7-8H,2-4,6,12H2,1H3. The molecule has 0 saturated heterocycles. The van der Waals surface area contributed by atoms with Gasteiger partial charge in [0.1, 0.15) is 5.82 Å². The number of hydrogen-bond acceptors (Lipinski definition) is 4. The Balaban J connectivity index is 2.00. The molecule has 0 radical (unpaired) electrons. The van der Waals surface area contributed by atoms with Crippen LogP contribution in [0.25, 0.3) is 11.4 Å². The zero-order valence-electron chi connectivity index (χ0n) is 9.87. The van der Waals surface area contributed by atoms with E-state index in [1.54, 1.807) is 4.68 Å². The van der Waals surface area contributed by atoms with Crippen molar-refractivity contribution in [3.8, 4) is 11.4 Å². The lowest BCUT2D eigenvalue weighted by molar-refractivity contribution is 0.375. The van der Waals surface area contributed by atoms with Crippen LogP contribution in [0, 0.1) is 5.92 Å². The molecule has 0 aromatic carbocycles. The highest BCUT2D eigenvalue weighted by atomic mass is 15.3. The molecule has 90 valence electrons. The van der Waals surface area contributed by atoms with Crippen molar-refractivity contribution in [1.82, 2.24) is 24.5 Å². The summed E-state index contributed by atoms with van der Waals surface area (Å²) in [5.74, 6) is 2.51. The lowest BCUT2D eigenvalue weighted by atomic mass is 9.99. The quantitative estimate of drug-likeness (QED) is 0.802. The van der Waals surface area contributed by atoms with E-state index in [2.05, 4.69) is 19.9 Å². The Labute approximate surface area is 99.4 Å². The second-order valence-electron chi connectivity index (χ2n) is 4.59. The van der Waals surface area contributed by atoms with E-state index in [0.29, 0.717) is 5.92 Å². The maximum absolute atomic E-state index is 5.75. The third-order valence-electron chi connectivity index (χ3n) is 3.34. The second-order valence-corrected chi connectivity index (χ2v) is 4.59. The van der Waals surface area contributed by atoms with Crippen LogP contribution >= 0.6 is 0 Å². The molecule has 2 aromatic heterocycles. The molecule has 3 rings (SSSR count). The molecule has 3 heterocycles. The Morgan fingerprint density at radius 2 is 2.35 bits per heavy atom. The minimum Gasteiger partial charge on any atom is -0.330 e. The van der Waals surface area contributed by atoms with E-state index in [1.165, 1.54) is 0 Å². The first-order chi connectivity index (χ1) is 8.28. The molecular formula is C11H16N6. The Bertz CT molecular complexity index is 526. The molecule has 0 bridgehead atoms. The van der Waals surface area contributed by atoms with Crippen molar-refractivity contribution < 1.29 is 0 Å². The summed E-state index contributed by atoms with van der Waals surface area (Å²) in [5, 5.41) is 12.7. The largest absolute Gasteiger partial charge is 0.330 e. The van der Waals surface area contributed by atoms with Crippen LogP contribution in [-0.2, 0) is 20.0 Å². The van der Waals surface area contributed by atoms with E-state index >= 15 is 0 Å². The summed E-state index contributed by atoms with van der Waals surface area (Å²) in [4.78, 5) is 0. The molecule has 0 spiro atoms. The van der Waals surface area contributed by atoms with Crippen molar-refractivity contribution in [3.05, 3.63) is 18.2 Å². The van der Waals surface area contributed by atoms with E-state index in [1.807, 2.05) is 19.4 Å². The summed E-state index contributed by atoms with van der Waals surface area (Å²) >= 11 is 0. The maximum atomic E-state index is 5.75. The van der Waals surface area contributed by atoms with Gasteiger partial charge < -0.3 is 10.3 Å². The van der Waals surface area contributed by atoms with Crippen molar-refractivity contribution in [1.29, 1.82) is 0 Å². The fourth-order valence-corrected chi connectivity index (χ4v) is 2.34. The van der Waals surface area contributed by atoms with Crippen LogP contribution in [0.4, 0.5) is 0 Å². The number of fused-ring (bicyclic) bond motifs is 1. The first-order valence-electron chi connectivity index (χ1n) is 5.89. The van der Waals surface area contributed by atoms with Gasteiger partial charge >= 0.3 is 0 Å². The van der Waals surface area contributed by atoms with Crippen molar-refractivity contribution in [2.45, 2.75) is 19.4 Å². The summed E-state index contributed by atoms with van der Waals surface area (Å²) in [7, 11) is 1.90. The Morgan fingerprint density at radius 3 is 3.06 bits per heavy atom. The van der Waals surface area contributed by atoms with Gasteiger partial charge in [0, 0.05) is 26.2 Å². The molecule has 2 aromatic rings. The van der Waals surface area contributed by atoms with Crippen LogP contribution in [0.15, 0.2) is 12.4 Å². The molecule has 1 aliphatic rings. The van der Waals surface area contributed by atoms with Crippen molar-refractivity contribution in [2.75, 3.05) is 6.54 Å². The van der Waals surface area contributed by atoms with Gasteiger partial charge in [0.05, 0.1) is 11.8 Å². The zero-order valence-corrected chi connectivity index (χ0v) is 9.87. The van der Waals surface area contributed by atoms with Gasteiger partial charge in [-0.15, -0.1) is 10.2 Å². The molecule has 1 aliphatic heterocycles. The summed E-state index contributed by atoms with van der Waals surface area (Å²) in [6, 6.07) is 0.